The van der Waals surface area contributed by atoms with Gasteiger partial charge in [0, 0.05) is 40.4 Å². The van der Waals surface area contributed by atoms with Crippen LogP contribution in [0.4, 0.5) is 0 Å². The molecule has 0 heterocycles. The second kappa shape index (κ2) is 56.1. The molecule has 0 aromatic rings. The van der Waals surface area contributed by atoms with Crippen LogP contribution in [0.15, 0.2) is 0 Å². The summed E-state index contributed by atoms with van der Waals surface area (Å²) >= 11 is 0. The zero-order valence-corrected chi connectivity index (χ0v) is 7.03. The first-order valence-corrected chi connectivity index (χ1v) is 0. The average Bonchev–Trinajstić information content (AvgIpc) is 0. The van der Waals surface area contributed by atoms with Gasteiger partial charge in [-0.3, -0.25) is 0 Å². The molecule has 0 rings (SSSR count). The van der Waals surface area contributed by atoms with E-state index in [1.165, 1.54) is 0 Å². The Morgan fingerprint density at radius 1 is 0.400 bits per heavy atom. The minimum absolute atomic E-state index is 0. The largest absolute Gasteiger partial charge is 0.358 e. The third-order valence-electron chi connectivity index (χ3n) is 0. The van der Waals surface area contributed by atoms with Crippen molar-refractivity contribution in [1.29, 1.82) is 0 Å². The van der Waals surface area contributed by atoms with Crippen LogP contribution in [0.25, 0.3) is 0 Å². The maximum absolute atomic E-state index is 0. The Labute approximate surface area is 69.5 Å². The summed E-state index contributed by atoms with van der Waals surface area (Å²) in [5.74, 6) is 0. The number of rotatable bonds is 0. The molecule has 0 nitrogen and oxygen atoms in total. The molecule has 0 amide bonds. The first-order valence-electron chi connectivity index (χ1n) is 0. The minimum Gasteiger partial charge on any atom is -0.358 e. The predicted molar refractivity (Wildman–Crippen MR) is 25.7 cm³/mol. The summed E-state index contributed by atoms with van der Waals surface area (Å²) in [7, 11) is 0. The van der Waals surface area contributed by atoms with Crippen LogP contribution in [-0.4, -0.2) is 0 Å². The second-order valence-electron chi connectivity index (χ2n) is 0. The third-order valence-corrected chi connectivity index (χ3v) is 0. The molecule has 0 aromatic heterocycles. The van der Waals surface area contributed by atoms with Crippen LogP contribution in [0.5, 0.6) is 0 Å². The average molecular weight is 210 g/mol. The van der Waals surface area contributed by atoms with Gasteiger partial charge in [0.05, 0.1) is 0 Å². The molecular weight excluding hydrogens is 198 g/mol. The summed E-state index contributed by atoms with van der Waals surface area (Å²) in [4.78, 5) is 0. The van der Waals surface area contributed by atoms with E-state index in [4.69, 9.17) is 0 Å². The van der Waals surface area contributed by atoms with Crippen molar-refractivity contribution >= 4 is 0 Å². The van der Waals surface area contributed by atoms with Gasteiger partial charge in [-0.1, -0.05) is 0 Å². The second-order valence-corrected chi connectivity index (χ2v) is 0. The summed E-state index contributed by atoms with van der Waals surface area (Å²) in [6.07, 6.45) is 0. The van der Waals surface area contributed by atoms with Gasteiger partial charge in [0.15, 0.2) is 0 Å². The summed E-state index contributed by atoms with van der Waals surface area (Å²) in [6, 6.07) is 0. The first kappa shape index (κ1) is 101. The van der Waals surface area contributed by atoms with E-state index in [1.807, 2.05) is 0 Å². The summed E-state index contributed by atoms with van der Waals surface area (Å²) in [5, 5.41) is 0. The van der Waals surface area contributed by atoms with Gasteiger partial charge < -0.3 is 29.7 Å². The van der Waals surface area contributed by atoms with Crippen molar-refractivity contribution < 1.29 is 40.4 Å². The van der Waals surface area contributed by atoms with Gasteiger partial charge >= 0.3 is 0 Å². The molecule has 0 aromatic carbocycles. The molecule has 0 unspecified atom stereocenters. The Bertz CT molecular complexity index is 3.61. The smallest absolute Gasteiger partial charge is 0 e. The molecule has 0 spiro atoms. The van der Waals surface area contributed by atoms with E-state index >= 15 is 0 Å². The Kier molecular flexibility index (Phi) is 1130. The van der Waals surface area contributed by atoms with E-state index in [9.17, 15) is 0 Å². The molecule has 0 aliphatic heterocycles. The van der Waals surface area contributed by atoms with Crippen molar-refractivity contribution in [2.45, 2.75) is 0 Å². The van der Waals surface area contributed by atoms with Gasteiger partial charge in [0.1, 0.15) is 0 Å². The van der Waals surface area contributed by atoms with E-state index in [-0.39, 0.29) is 70.1 Å². The third kappa shape index (κ3) is 33.2. The van der Waals surface area contributed by atoms with Gasteiger partial charge in [-0.15, -0.1) is 0 Å². The van der Waals surface area contributed by atoms with E-state index in [0.29, 0.717) is 0 Å². The van der Waals surface area contributed by atoms with Gasteiger partial charge in [0.25, 0.3) is 0 Å². The summed E-state index contributed by atoms with van der Waals surface area (Å²) in [5.41, 5.74) is 0. The molecule has 0 bridgehead atoms. The van der Waals surface area contributed by atoms with Crippen LogP contribution in [0.2, 0.25) is 0 Å². The maximum atomic E-state index is 0. The topological polar surface area (TPSA) is 0 Å². The van der Waals surface area contributed by atoms with E-state index < -0.39 is 0 Å². The van der Waals surface area contributed by atoms with Gasteiger partial charge in [-0.05, 0) is 0 Å². The van der Waals surface area contributed by atoms with Crippen molar-refractivity contribution in [2.75, 3.05) is 0 Å². The number of hydrogen-bond donors (Lipinski definition) is 0. The van der Waals surface area contributed by atoms with Crippen molar-refractivity contribution in [1.82, 2.24) is 0 Å². The van der Waals surface area contributed by atoms with E-state index in [1.54, 1.807) is 0 Å². The van der Waals surface area contributed by atoms with Gasteiger partial charge in [-0.2, -0.15) is 0 Å². The van der Waals surface area contributed by atoms with Crippen molar-refractivity contribution in [2.24, 2.45) is 0 Å². The molecule has 0 aliphatic rings. The van der Waals surface area contributed by atoms with Crippen LogP contribution in [0, 0.1) is 70.1 Å². The fourth-order valence-electron chi connectivity index (χ4n) is 0. The van der Waals surface area contributed by atoms with Crippen molar-refractivity contribution in [3.05, 3.63) is 29.7 Å². The fourth-order valence-corrected chi connectivity index (χ4v) is 0. The fraction of sp³-hybridized carbons (Fsp3) is 0. The normalized spacial score (nSPS) is 0. The van der Waals surface area contributed by atoms with Crippen LogP contribution in [0.1, 0.15) is 0 Å². The minimum atomic E-state index is 0. The van der Waals surface area contributed by atoms with Gasteiger partial charge in [-0.25, -0.2) is 0 Å². The summed E-state index contributed by atoms with van der Waals surface area (Å²) < 4.78 is 0. The molecule has 38 valence electrons. The molecule has 0 aliphatic carbocycles. The van der Waals surface area contributed by atoms with Crippen LogP contribution >= 0.6 is 0 Å². The standard InChI is InChI=1S/4CH3.Sm/h4*1H3;/q4*-1;. The molecule has 0 N–H and O–H groups in total. The predicted octanol–water partition coefficient (Wildman–Crippen LogP) is 1.80. The molecular formula is C4H12Sm-4. The molecule has 5 heavy (non-hydrogen) atoms. The molecule has 0 atom stereocenters. The Hall–Kier alpha value is 1.34. The van der Waals surface area contributed by atoms with Crippen molar-refractivity contribution in [3.63, 3.8) is 0 Å². The SMILES string of the molecule is [CH3-].[CH3-].[CH3-].[CH3-].[Sm]. The van der Waals surface area contributed by atoms with Crippen molar-refractivity contribution in [3.8, 4) is 0 Å². The Morgan fingerprint density at radius 2 is 0.400 bits per heavy atom. The molecule has 0 saturated carbocycles. The summed E-state index contributed by atoms with van der Waals surface area (Å²) in [6.45, 7) is 0. The molecule has 0 saturated heterocycles. The van der Waals surface area contributed by atoms with Crippen LogP contribution < -0.4 is 0 Å². The Morgan fingerprint density at radius 3 is 0.400 bits per heavy atom. The maximum Gasteiger partial charge on any atom is 0 e. The van der Waals surface area contributed by atoms with E-state index in [0.717, 1.165) is 0 Å². The number of hydrogen-bond acceptors (Lipinski definition) is 0. The molecule has 0 radical (unpaired) electrons. The zero-order valence-electron chi connectivity index (χ0n) is 4.41. The monoisotopic (exact) mass is 212 g/mol. The van der Waals surface area contributed by atoms with Gasteiger partial charge in [0.2, 0.25) is 0 Å². The first-order chi connectivity index (χ1) is 0. The quantitative estimate of drug-likeness (QED) is 0.535. The van der Waals surface area contributed by atoms with Crippen LogP contribution in [-0.2, 0) is 0 Å². The zero-order chi connectivity index (χ0) is 0. The molecule has 1 heteroatoms. The molecule has 0 fully saturated rings. The van der Waals surface area contributed by atoms with Crippen LogP contribution in [0.3, 0.4) is 0 Å². The Balaban J connectivity index is 0. The van der Waals surface area contributed by atoms with E-state index in [2.05, 4.69) is 0 Å².